The van der Waals surface area contributed by atoms with Crippen molar-refractivity contribution in [1.82, 2.24) is 0 Å². The number of carbonyl (C=O) groups is 1. The zero-order chi connectivity index (χ0) is 14.8. The lowest BCUT2D eigenvalue weighted by atomic mass is 9.92. The van der Waals surface area contributed by atoms with E-state index in [1.807, 2.05) is 29.2 Å². The van der Waals surface area contributed by atoms with Crippen LogP contribution in [0, 0.1) is 0 Å². The lowest BCUT2D eigenvalue weighted by Gasteiger charge is -2.35. The molecule has 0 saturated carbocycles. The number of nitrogens with zero attached hydrogens (tertiary/aromatic N) is 1. The smallest absolute Gasteiger partial charge is 0.323 e. The van der Waals surface area contributed by atoms with Crippen molar-refractivity contribution in [3.63, 3.8) is 0 Å². The Labute approximate surface area is 132 Å². The van der Waals surface area contributed by atoms with Gasteiger partial charge in [0.25, 0.3) is 0 Å². The number of anilines is 1. The van der Waals surface area contributed by atoms with Gasteiger partial charge in [-0.2, -0.15) is 0 Å². The van der Waals surface area contributed by atoms with Gasteiger partial charge in [0.15, 0.2) is 0 Å². The molecule has 0 aliphatic heterocycles. The summed E-state index contributed by atoms with van der Waals surface area (Å²) in [6, 6.07) is 9.68. The van der Waals surface area contributed by atoms with E-state index >= 15 is 0 Å². The van der Waals surface area contributed by atoms with Gasteiger partial charge in [0.2, 0.25) is 0 Å². The molecule has 1 aromatic heterocycles. The Kier molecular flexibility index (Phi) is 4.17. The van der Waals surface area contributed by atoms with Crippen molar-refractivity contribution in [2.45, 2.75) is 25.3 Å². The van der Waals surface area contributed by atoms with E-state index < -0.39 is 5.97 Å². The van der Waals surface area contributed by atoms with E-state index in [0.29, 0.717) is 5.02 Å². The Morgan fingerprint density at radius 1 is 1.33 bits per heavy atom. The van der Waals surface area contributed by atoms with Gasteiger partial charge in [0, 0.05) is 15.6 Å². The quantitative estimate of drug-likeness (QED) is 0.909. The van der Waals surface area contributed by atoms with Crippen LogP contribution in [-0.4, -0.2) is 17.6 Å². The van der Waals surface area contributed by atoms with Crippen molar-refractivity contribution < 1.29 is 9.90 Å². The average Bonchev–Trinajstić information content (AvgIpc) is 2.94. The molecule has 0 spiro atoms. The number of benzene rings is 1. The molecule has 1 heterocycles. The standard InChI is InChI=1S/C16H16ClNO2S/c17-11-4-6-12(7-5-11)18(10-16(19)20)14-2-1-3-15-13(14)8-9-21-15/h4-9,14H,1-3,10H2,(H,19,20). The fraction of sp³-hybridized carbons (Fsp3) is 0.312. The highest BCUT2D eigenvalue weighted by Crippen LogP contribution is 2.39. The van der Waals surface area contributed by atoms with Crippen LogP contribution in [0.1, 0.15) is 29.3 Å². The minimum atomic E-state index is -0.813. The van der Waals surface area contributed by atoms with Crippen molar-refractivity contribution >= 4 is 34.6 Å². The topological polar surface area (TPSA) is 40.5 Å². The third-order valence-corrected chi connectivity index (χ3v) is 5.11. The number of fused-ring (bicyclic) bond motifs is 1. The van der Waals surface area contributed by atoms with E-state index in [0.717, 1.165) is 24.9 Å². The minimum absolute atomic E-state index is 0.00157. The summed E-state index contributed by atoms with van der Waals surface area (Å²) in [7, 11) is 0. The van der Waals surface area contributed by atoms with Crippen molar-refractivity contribution in [2.75, 3.05) is 11.4 Å². The Balaban J connectivity index is 1.97. The van der Waals surface area contributed by atoms with Crippen LogP contribution in [0.5, 0.6) is 0 Å². The number of aryl methyl sites for hydroxylation is 1. The van der Waals surface area contributed by atoms with Crippen LogP contribution in [-0.2, 0) is 11.2 Å². The third kappa shape index (κ3) is 3.06. The minimum Gasteiger partial charge on any atom is -0.480 e. The zero-order valence-electron chi connectivity index (χ0n) is 11.5. The van der Waals surface area contributed by atoms with Gasteiger partial charge in [0.1, 0.15) is 6.54 Å². The second kappa shape index (κ2) is 6.08. The first-order valence-corrected chi connectivity index (χ1v) is 8.21. The van der Waals surface area contributed by atoms with Crippen LogP contribution in [0.25, 0.3) is 0 Å². The average molecular weight is 322 g/mol. The summed E-state index contributed by atoms with van der Waals surface area (Å²) in [5.74, 6) is -0.813. The summed E-state index contributed by atoms with van der Waals surface area (Å²) in [6.07, 6.45) is 3.19. The number of aliphatic carboxylic acids is 1. The first-order valence-electron chi connectivity index (χ1n) is 6.95. The van der Waals surface area contributed by atoms with Gasteiger partial charge in [-0.3, -0.25) is 4.79 Å². The molecule has 1 unspecified atom stereocenters. The molecule has 5 heteroatoms. The summed E-state index contributed by atoms with van der Waals surface area (Å²) in [5, 5.41) is 12.0. The van der Waals surface area contributed by atoms with E-state index in [4.69, 9.17) is 11.6 Å². The number of hydrogen-bond acceptors (Lipinski definition) is 3. The Hall–Kier alpha value is -1.52. The molecular weight excluding hydrogens is 306 g/mol. The first-order chi connectivity index (χ1) is 10.1. The molecule has 0 bridgehead atoms. The van der Waals surface area contributed by atoms with Crippen LogP contribution >= 0.6 is 22.9 Å². The van der Waals surface area contributed by atoms with Crippen molar-refractivity contribution in [3.8, 4) is 0 Å². The number of rotatable bonds is 4. The summed E-state index contributed by atoms with van der Waals surface area (Å²) < 4.78 is 0. The molecule has 0 saturated heterocycles. The van der Waals surface area contributed by atoms with Crippen LogP contribution in [0.3, 0.4) is 0 Å². The molecule has 1 atom stereocenters. The number of hydrogen-bond donors (Lipinski definition) is 1. The molecule has 21 heavy (non-hydrogen) atoms. The predicted molar refractivity (Wildman–Crippen MR) is 86.4 cm³/mol. The van der Waals surface area contributed by atoms with E-state index in [1.54, 1.807) is 11.3 Å². The van der Waals surface area contributed by atoms with Crippen LogP contribution in [0.2, 0.25) is 5.02 Å². The summed E-state index contributed by atoms with van der Waals surface area (Å²) >= 11 is 7.71. The second-order valence-electron chi connectivity index (χ2n) is 5.21. The monoisotopic (exact) mass is 321 g/mol. The van der Waals surface area contributed by atoms with Gasteiger partial charge in [-0.1, -0.05) is 11.6 Å². The normalized spacial score (nSPS) is 17.3. The maximum atomic E-state index is 11.3. The number of carboxylic acid groups (broad SMARTS) is 1. The molecule has 2 aromatic rings. The van der Waals surface area contributed by atoms with Crippen LogP contribution in [0.4, 0.5) is 5.69 Å². The van der Waals surface area contributed by atoms with Gasteiger partial charge in [-0.05, 0) is 60.5 Å². The zero-order valence-corrected chi connectivity index (χ0v) is 13.0. The molecule has 3 rings (SSSR count). The highest BCUT2D eigenvalue weighted by molar-refractivity contribution is 7.10. The van der Waals surface area contributed by atoms with E-state index in [2.05, 4.69) is 11.4 Å². The molecule has 0 fully saturated rings. The van der Waals surface area contributed by atoms with Crippen molar-refractivity contribution in [1.29, 1.82) is 0 Å². The first kappa shape index (κ1) is 14.4. The lowest BCUT2D eigenvalue weighted by Crippen LogP contribution is -2.35. The Morgan fingerprint density at radius 3 is 2.81 bits per heavy atom. The van der Waals surface area contributed by atoms with Crippen LogP contribution in [0.15, 0.2) is 35.7 Å². The lowest BCUT2D eigenvalue weighted by molar-refractivity contribution is -0.135. The predicted octanol–water partition coefficient (Wildman–Crippen LogP) is 4.37. The molecule has 1 aromatic carbocycles. The molecule has 1 aliphatic carbocycles. The summed E-state index contributed by atoms with van der Waals surface area (Å²) in [6.45, 7) is 0.00157. The number of carboxylic acids is 1. The molecule has 1 aliphatic rings. The van der Waals surface area contributed by atoms with Gasteiger partial charge in [-0.15, -0.1) is 11.3 Å². The van der Waals surface area contributed by atoms with E-state index in [-0.39, 0.29) is 12.6 Å². The van der Waals surface area contributed by atoms with Gasteiger partial charge >= 0.3 is 5.97 Å². The highest BCUT2D eigenvalue weighted by Gasteiger charge is 2.28. The van der Waals surface area contributed by atoms with E-state index in [1.165, 1.54) is 10.4 Å². The van der Waals surface area contributed by atoms with Crippen LogP contribution < -0.4 is 4.90 Å². The Morgan fingerprint density at radius 2 is 2.10 bits per heavy atom. The fourth-order valence-corrected chi connectivity index (χ4v) is 4.05. The molecular formula is C16H16ClNO2S. The molecule has 3 nitrogen and oxygen atoms in total. The maximum Gasteiger partial charge on any atom is 0.323 e. The largest absolute Gasteiger partial charge is 0.480 e. The third-order valence-electron chi connectivity index (χ3n) is 3.86. The van der Waals surface area contributed by atoms with Gasteiger partial charge in [0.05, 0.1) is 6.04 Å². The second-order valence-corrected chi connectivity index (χ2v) is 6.64. The Bertz CT molecular complexity index is 638. The van der Waals surface area contributed by atoms with Gasteiger partial charge < -0.3 is 10.0 Å². The SMILES string of the molecule is O=C(O)CN(c1ccc(Cl)cc1)C1CCCc2sccc21. The number of thiophene rings is 1. The molecule has 0 amide bonds. The maximum absolute atomic E-state index is 11.3. The van der Waals surface area contributed by atoms with Crippen molar-refractivity contribution in [2.24, 2.45) is 0 Å². The summed E-state index contributed by atoms with van der Waals surface area (Å²) in [5.41, 5.74) is 2.19. The highest BCUT2D eigenvalue weighted by atomic mass is 35.5. The van der Waals surface area contributed by atoms with Crippen molar-refractivity contribution in [3.05, 3.63) is 51.2 Å². The molecule has 0 radical (unpaired) electrons. The number of halogens is 1. The molecule has 110 valence electrons. The fourth-order valence-electron chi connectivity index (χ4n) is 2.95. The summed E-state index contributed by atoms with van der Waals surface area (Å²) in [4.78, 5) is 14.6. The molecule has 1 N–H and O–H groups in total. The van der Waals surface area contributed by atoms with E-state index in [9.17, 15) is 9.90 Å². The van der Waals surface area contributed by atoms with Gasteiger partial charge in [-0.25, -0.2) is 0 Å².